The van der Waals surface area contributed by atoms with Crippen molar-refractivity contribution in [1.82, 2.24) is 15.5 Å². The number of thioether (sulfide) groups is 1. The Morgan fingerprint density at radius 1 is 1.25 bits per heavy atom. The third kappa shape index (κ3) is 6.02. The first-order valence-electron chi connectivity index (χ1n) is 8.99. The van der Waals surface area contributed by atoms with E-state index in [1.165, 1.54) is 29.7 Å². The molecular formula is C19H32N4S. The summed E-state index contributed by atoms with van der Waals surface area (Å²) in [5.74, 6) is 2.16. The molecule has 5 heteroatoms. The Morgan fingerprint density at radius 2 is 2.04 bits per heavy atom. The van der Waals surface area contributed by atoms with Gasteiger partial charge in [-0.05, 0) is 49.3 Å². The van der Waals surface area contributed by atoms with E-state index in [4.69, 9.17) is 0 Å². The van der Waals surface area contributed by atoms with Gasteiger partial charge in [0.15, 0.2) is 5.96 Å². The number of hydrogen-bond acceptors (Lipinski definition) is 3. The van der Waals surface area contributed by atoms with Crippen molar-refractivity contribution in [1.29, 1.82) is 0 Å². The van der Waals surface area contributed by atoms with Crippen molar-refractivity contribution in [3.63, 3.8) is 0 Å². The zero-order valence-corrected chi connectivity index (χ0v) is 16.2. The summed E-state index contributed by atoms with van der Waals surface area (Å²) in [6.45, 7) is 6.41. The predicted octanol–water partition coefficient (Wildman–Crippen LogP) is 2.74. The fraction of sp³-hybridized carbons (Fsp3) is 0.632. The maximum Gasteiger partial charge on any atom is 0.191 e. The molecular weight excluding hydrogens is 316 g/mol. The van der Waals surface area contributed by atoms with E-state index in [1.54, 1.807) is 0 Å². The lowest BCUT2D eigenvalue weighted by atomic mass is 9.99. The second-order valence-electron chi connectivity index (χ2n) is 6.42. The molecule has 0 fully saturated rings. The van der Waals surface area contributed by atoms with Crippen LogP contribution in [-0.2, 0) is 13.0 Å². The van der Waals surface area contributed by atoms with E-state index in [1.807, 2.05) is 18.8 Å². The van der Waals surface area contributed by atoms with Crippen molar-refractivity contribution in [2.45, 2.75) is 38.8 Å². The minimum absolute atomic E-state index is 0.494. The van der Waals surface area contributed by atoms with Gasteiger partial charge >= 0.3 is 0 Å². The number of nitrogens with one attached hydrogen (secondary N) is 2. The normalized spacial score (nSPS) is 16.5. The molecule has 1 heterocycles. The summed E-state index contributed by atoms with van der Waals surface area (Å²) in [5.41, 5.74) is 2.99. The van der Waals surface area contributed by atoms with Gasteiger partial charge in [0.1, 0.15) is 0 Å². The highest BCUT2D eigenvalue weighted by Crippen LogP contribution is 2.19. The van der Waals surface area contributed by atoms with E-state index in [2.05, 4.69) is 58.0 Å². The topological polar surface area (TPSA) is 39.7 Å². The molecule has 1 aromatic rings. The van der Waals surface area contributed by atoms with Crippen LogP contribution in [-0.4, -0.2) is 55.6 Å². The first kappa shape index (κ1) is 19.1. The van der Waals surface area contributed by atoms with Gasteiger partial charge in [-0.25, -0.2) is 0 Å². The van der Waals surface area contributed by atoms with E-state index in [9.17, 15) is 0 Å². The van der Waals surface area contributed by atoms with Crippen LogP contribution in [0.3, 0.4) is 0 Å². The van der Waals surface area contributed by atoms with Crippen LogP contribution in [0.5, 0.6) is 0 Å². The smallest absolute Gasteiger partial charge is 0.191 e. The van der Waals surface area contributed by atoms with E-state index in [0.717, 1.165) is 38.6 Å². The monoisotopic (exact) mass is 348 g/mol. The lowest BCUT2D eigenvalue weighted by Crippen LogP contribution is -2.47. The van der Waals surface area contributed by atoms with Crippen molar-refractivity contribution < 1.29 is 0 Å². The Balaban J connectivity index is 1.71. The maximum absolute atomic E-state index is 4.33. The molecule has 1 aliphatic rings. The van der Waals surface area contributed by atoms with Gasteiger partial charge in [0, 0.05) is 39.3 Å². The summed E-state index contributed by atoms with van der Waals surface area (Å²) in [7, 11) is 1.85. The summed E-state index contributed by atoms with van der Waals surface area (Å²) in [5, 5.41) is 6.89. The van der Waals surface area contributed by atoms with E-state index >= 15 is 0 Å². The number of unbranched alkanes of at least 4 members (excludes halogenated alkanes) is 1. The van der Waals surface area contributed by atoms with Crippen molar-refractivity contribution in [2.75, 3.05) is 38.7 Å². The van der Waals surface area contributed by atoms with Gasteiger partial charge in [0.25, 0.3) is 0 Å². The summed E-state index contributed by atoms with van der Waals surface area (Å²) >= 11 is 1.91. The summed E-state index contributed by atoms with van der Waals surface area (Å²) in [6, 6.07) is 9.31. The van der Waals surface area contributed by atoms with Crippen LogP contribution in [0.2, 0.25) is 0 Å². The number of rotatable bonds is 8. The standard InChI is InChI=1S/C19H32N4S/c1-16(14-22-19(20-2)21-11-6-7-13-24-3)23-12-10-17-8-4-5-9-18(17)15-23/h4-5,8-9,16H,6-7,10-15H2,1-3H3,(H2,20,21,22). The summed E-state index contributed by atoms with van der Waals surface area (Å²) in [6.07, 6.45) is 5.77. The first-order chi connectivity index (χ1) is 11.7. The van der Waals surface area contributed by atoms with Gasteiger partial charge in [-0.15, -0.1) is 0 Å². The van der Waals surface area contributed by atoms with E-state index in [-0.39, 0.29) is 0 Å². The average molecular weight is 349 g/mol. The summed E-state index contributed by atoms with van der Waals surface area (Å²) < 4.78 is 0. The molecule has 1 unspecified atom stereocenters. The molecule has 1 atom stereocenters. The van der Waals surface area contributed by atoms with E-state index < -0.39 is 0 Å². The minimum Gasteiger partial charge on any atom is -0.356 e. The molecule has 0 aromatic heterocycles. The molecule has 134 valence electrons. The van der Waals surface area contributed by atoms with Crippen LogP contribution >= 0.6 is 11.8 Å². The molecule has 0 bridgehead atoms. The third-order valence-electron chi connectivity index (χ3n) is 4.64. The maximum atomic E-state index is 4.33. The highest BCUT2D eigenvalue weighted by atomic mass is 32.2. The number of hydrogen-bond donors (Lipinski definition) is 2. The van der Waals surface area contributed by atoms with Crippen molar-refractivity contribution in [3.05, 3.63) is 35.4 Å². The molecule has 24 heavy (non-hydrogen) atoms. The Kier molecular flexibility index (Phi) is 8.47. The number of guanidine groups is 1. The lowest BCUT2D eigenvalue weighted by Gasteiger charge is -2.34. The fourth-order valence-electron chi connectivity index (χ4n) is 3.07. The molecule has 0 spiro atoms. The van der Waals surface area contributed by atoms with Gasteiger partial charge in [-0.1, -0.05) is 24.3 Å². The minimum atomic E-state index is 0.494. The van der Waals surface area contributed by atoms with Crippen molar-refractivity contribution >= 4 is 17.7 Å². The number of aliphatic imine (C=N–C) groups is 1. The quantitative estimate of drug-likeness (QED) is 0.430. The van der Waals surface area contributed by atoms with Gasteiger partial charge in [0.2, 0.25) is 0 Å². The van der Waals surface area contributed by atoms with Crippen LogP contribution < -0.4 is 10.6 Å². The molecule has 0 saturated heterocycles. The van der Waals surface area contributed by atoms with Crippen LogP contribution in [0.25, 0.3) is 0 Å². The van der Waals surface area contributed by atoms with Gasteiger partial charge in [0.05, 0.1) is 0 Å². The zero-order valence-electron chi connectivity index (χ0n) is 15.3. The molecule has 0 aliphatic carbocycles. The average Bonchev–Trinajstić information content (AvgIpc) is 2.63. The Hall–Kier alpha value is -1.20. The van der Waals surface area contributed by atoms with Crippen LogP contribution in [0, 0.1) is 0 Å². The van der Waals surface area contributed by atoms with Gasteiger partial charge < -0.3 is 10.6 Å². The zero-order chi connectivity index (χ0) is 17.2. The molecule has 1 aromatic carbocycles. The number of fused-ring (bicyclic) bond motifs is 1. The molecule has 1 aliphatic heterocycles. The van der Waals surface area contributed by atoms with Crippen LogP contribution in [0.4, 0.5) is 0 Å². The third-order valence-corrected chi connectivity index (χ3v) is 5.34. The molecule has 0 radical (unpaired) electrons. The molecule has 0 saturated carbocycles. The Bertz CT molecular complexity index is 518. The Labute approximate surface area is 151 Å². The summed E-state index contributed by atoms with van der Waals surface area (Å²) in [4.78, 5) is 6.89. The highest BCUT2D eigenvalue weighted by Gasteiger charge is 2.20. The lowest BCUT2D eigenvalue weighted by molar-refractivity contribution is 0.191. The second-order valence-corrected chi connectivity index (χ2v) is 7.40. The molecule has 2 rings (SSSR count). The Morgan fingerprint density at radius 3 is 2.79 bits per heavy atom. The van der Waals surface area contributed by atoms with Crippen LogP contribution in [0.15, 0.2) is 29.3 Å². The van der Waals surface area contributed by atoms with Gasteiger partial charge in [-0.2, -0.15) is 11.8 Å². The SMILES string of the molecule is CN=C(NCCCCSC)NCC(C)N1CCc2ccccc2C1. The number of nitrogens with zero attached hydrogens (tertiary/aromatic N) is 2. The van der Waals surface area contributed by atoms with Crippen molar-refractivity contribution in [2.24, 2.45) is 4.99 Å². The largest absolute Gasteiger partial charge is 0.356 e. The van der Waals surface area contributed by atoms with Gasteiger partial charge in [-0.3, -0.25) is 9.89 Å². The predicted molar refractivity (Wildman–Crippen MR) is 107 cm³/mol. The van der Waals surface area contributed by atoms with Crippen LogP contribution in [0.1, 0.15) is 30.9 Å². The first-order valence-corrected chi connectivity index (χ1v) is 10.4. The highest BCUT2D eigenvalue weighted by molar-refractivity contribution is 7.98. The van der Waals surface area contributed by atoms with E-state index in [0.29, 0.717) is 6.04 Å². The number of benzene rings is 1. The molecule has 2 N–H and O–H groups in total. The fourth-order valence-corrected chi connectivity index (χ4v) is 3.56. The molecule has 4 nitrogen and oxygen atoms in total. The molecule has 0 amide bonds. The van der Waals surface area contributed by atoms with Crippen molar-refractivity contribution in [3.8, 4) is 0 Å². The second kappa shape index (κ2) is 10.6.